The number of nitrogens with zero attached hydrogens (tertiary/aromatic N) is 2. The van der Waals surface area contributed by atoms with Crippen molar-refractivity contribution >= 4 is 0 Å². The average molecular weight is 270 g/mol. The van der Waals surface area contributed by atoms with Crippen LogP contribution in [0.25, 0.3) is 0 Å². The van der Waals surface area contributed by atoms with Crippen molar-refractivity contribution in [1.82, 2.24) is 9.78 Å². The number of aliphatic hydroxyl groups excluding tert-OH is 1. The van der Waals surface area contributed by atoms with Crippen LogP contribution in [0.3, 0.4) is 0 Å². The van der Waals surface area contributed by atoms with Crippen molar-refractivity contribution in [2.24, 2.45) is 13.0 Å². The quantitative estimate of drug-likeness (QED) is 0.907. The van der Waals surface area contributed by atoms with Crippen LogP contribution >= 0.6 is 0 Å². The minimum atomic E-state index is -0.264. The summed E-state index contributed by atoms with van der Waals surface area (Å²) in [5.74, 6) is 0.933. The number of benzene rings is 1. The van der Waals surface area contributed by atoms with Gasteiger partial charge < -0.3 is 5.11 Å². The maximum Gasteiger partial charge on any atom is 0.0629 e. The van der Waals surface area contributed by atoms with E-state index < -0.39 is 0 Å². The highest BCUT2D eigenvalue weighted by Crippen LogP contribution is 2.49. The van der Waals surface area contributed by atoms with Gasteiger partial charge in [-0.25, -0.2) is 0 Å². The maximum atomic E-state index is 10.4. The lowest BCUT2D eigenvalue weighted by atomic mass is 10.0. The zero-order valence-corrected chi connectivity index (χ0v) is 12.2. The molecule has 1 aliphatic rings. The SMILES string of the molecule is CCc1cc(CC(O)C2CC2c2ccccc2)n(C)n1. The van der Waals surface area contributed by atoms with E-state index in [4.69, 9.17) is 0 Å². The highest BCUT2D eigenvalue weighted by atomic mass is 16.3. The summed E-state index contributed by atoms with van der Waals surface area (Å²) in [5, 5.41) is 14.9. The standard InChI is InChI=1S/C17H22N2O/c1-3-13-9-14(19(2)18-13)10-17(20)16-11-15(16)12-7-5-4-6-8-12/h4-9,15-17,20H,3,10-11H2,1-2H3. The molecule has 0 amide bonds. The molecule has 3 heteroatoms. The molecule has 106 valence electrons. The lowest BCUT2D eigenvalue weighted by molar-refractivity contribution is 0.147. The number of hydrogen-bond donors (Lipinski definition) is 1. The molecule has 0 radical (unpaired) electrons. The fourth-order valence-corrected chi connectivity index (χ4v) is 3.02. The van der Waals surface area contributed by atoms with Gasteiger partial charge in [-0.15, -0.1) is 0 Å². The highest BCUT2D eigenvalue weighted by molar-refractivity contribution is 5.26. The van der Waals surface area contributed by atoms with Crippen LogP contribution < -0.4 is 0 Å². The minimum Gasteiger partial charge on any atom is -0.392 e. The lowest BCUT2D eigenvalue weighted by Crippen LogP contribution is -2.16. The first-order valence-electron chi connectivity index (χ1n) is 7.43. The van der Waals surface area contributed by atoms with Gasteiger partial charge in [0, 0.05) is 19.2 Å². The molecule has 2 aromatic rings. The van der Waals surface area contributed by atoms with Crippen molar-refractivity contribution in [3.8, 4) is 0 Å². The Morgan fingerprint density at radius 2 is 2.10 bits per heavy atom. The van der Waals surface area contributed by atoms with E-state index in [1.807, 2.05) is 17.8 Å². The van der Waals surface area contributed by atoms with E-state index >= 15 is 0 Å². The molecule has 20 heavy (non-hydrogen) atoms. The largest absolute Gasteiger partial charge is 0.392 e. The van der Waals surface area contributed by atoms with E-state index in [1.165, 1.54) is 5.56 Å². The molecule has 1 aromatic heterocycles. The van der Waals surface area contributed by atoms with E-state index in [2.05, 4.69) is 42.4 Å². The van der Waals surface area contributed by atoms with E-state index in [1.54, 1.807) is 0 Å². The Hall–Kier alpha value is -1.61. The third kappa shape index (κ3) is 2.63. The molecule has 3 rings (SSSR count). The summed E-state index contributed by atoms with van der Waals surface area (Å²) in [7, 11) is 1.96. The van der Waals surface area contributed by atoms with E-state index in [-0.39, 0.29) is 6.10 Å². The summed E-state index contributed by atoms with van der Waals surface area (Å²) in [5.41, 5.74) is 3.59. The van der Waals surface area contributed by atoms with Crippen molar-refractivity contribution in [1.29, 1.82) is 0 Å². The Balaban J connectivity index is 1.63. The van der Waals surface area contributed by atoms with Crippen LogP contribution in [-0.4, -0.2) is 21.0 Å². The van der Waals surface area contributed by atoms with Gasteiger partial charge in [-0.2, -0.15) is 5.10 Å². The van der Waals surface area contributed by atoms with E-state index in [9.17, 15) is 5.11 Å². The highest BCUT2D eigenvalue weighted by Gasteiger charge is 2.43. The Morgan fingerprint density at radius 1 is 1.35 bits per heavy atom. The molecule has 0 spiro atoms. The molecule has 0 aliphatic heterocycles. The van der Waals surface area contributed by atoms with Gasteiger partial charge >= 0.3 is 0 Å². The second kappa shape index (κ2) is 5.41. The normalized spacial score (nSPS) is 22.8. The third-order valence-corrected chi connectivity index (χ3v) is 4.37. The predicted molar refractivity (Wildman–Crippen MR) is 79.6 cm³/mol. The van der Waals surface area contributed by atoms with Crippen molar-refractivity contribution in [2.45, 2.75) is 38.2 Å². The Kier molecular flexibility index (Phi) is 3.62. The zero-order valence-electron chi connectivity index (χ0n) is 12.2. The molecule has 3 unspecified atom stereocenters. The first-order valence-corrected chi connectivity index (χ1v) is 7.43. The number of aliphatic hydroxyl groups is 1. The van der Waals surface area contributed by atoms with Gasteiger partial charge in [-0.1, -0.05) is 37.3 Å². The van der Waals surface area contributed by atoms with E-state index in [0.717, 1.165) is 24.2 Å². The fraction of sp³-hybridized carbons (Fsp3) is 0.471. The van der Waals surface area contributed by atoms with Gasteiger partial charge in [0.05, 0.1) is 11.8 Å². The van der Waals surface area contributed by atoms with Gasteiger partial charge in [0.2, 0.25) is 0 Å². The summed E-state index contributed by atoms with van der Waals surface area (Å²) >= 11 is 0. The summed E-state index contributed by atoms with van der Waals surface area (Å²) in [4.78, 5) is 0. The first-order chi connectivity index (χ1) is 9.69. The van der Waals surface area contributed by atoms with Crippen LogP contribution in [0, 0.1) is 5.92 Å². The van der Waals surface area contributed by atoms with Gasteiger partial charge in [0.25, 0.3) is 0 Å². The Morgan fingerprint density at radius 3 is 2.75 bits per heavy atom. The second-order valence-corrected chi connectivity index (χ2v) is 5.79. The molecule has 3 atom stereocenters. The molecular formula is C17H22N2O. The van der Waals surface area contributed by atoms with Crippen molar-refractivity contribution < 1.29 is 5.11 Å². The number of aromatic nitrogens is 2. The van der Waals surface area contributed by atoms with Gasteiger partial charge in [-0.05, 0) is 36.3 Å². The fourth-order valence-electron chi connectivity index (χ4n) is 3.02. The third-order valence-electron chi connectivity index (χ3n) is 4.37. The topological polar surface area (TPSA) is 38.0 Å². The Labute approximate surface area is 120 Å². The van der Waals surface area contributed by atoms with Crippen LogP contribution in [0.5, 0.6) is 0 Å². The molecule has 1 aliphatic carbocycles. The summed E-state index contributed by atoms with van der Waals surface area (Å²) < 4.78 is 1.90. The molecule has 1 heterocycles. The molecule has 1 aromatic carbocycles. The number of aryl methyl sites for hydroxylation is 2. The molecule has 3 nitrogen and oxygen atoms in total. The Bertz CT molecular complexity index is 576. The summed E-state index contributed by atoms with van der Waals surface area (Å²) in [6.07, 6.45) is 2.49. The van der Waals surface area contributed by atoms with E-state index in [0.29, 0.717) is 18.3 Å². The first kappa shape index (κ1) is 13.4. The lowest BCUT2D eigenvalue weighted by Gasteiger charge is -2.10. The van der Waals surface area contributed by atoms with Gasteiger partial charge in [-0.3, -0.25) is 4.68 Å². The van der Waals surface area contributed by atoms with Crippen LogP contribution in [0.1, 0.15) is 36.2 Å². The monoisotopic (exact) mass is 270 g/mol. The second-order valence-electron chi connectivity index (χ2n) is 5.79. The molecule has 1 N–H and O–H groups in total. The van der Waals surface area contributed by atoms with Crippen LogP contribution in [0.15, 0.2) is 36.4 Å². The molecule has 1 saturated carbocycles. The van der Waals surface area contributed by atoms with Crippen LogP contribution in [0.4, 0.5) is 0 Å². The van der Waals surface area contributed by atoms with Crippen LogP contribution in [0.2, 0.25) is 0 Å². The van der Waals surface area contributed by atoms with Gasteiger partial charge in [0.15, 0.2) is 0 Å². The summed E-state index contributed by atoms with van der Waals surface area (Å²) in [6.45, 7) is 2.11. The molecule has 1 fully saturated rings. The van der Waals surface area contributed by atoms with Crippen molar-refractivity contribution in [3.05, 3.63) is 53.3 Å². The van der Waals surface area contributed by atoms with Crippen LogP contribution in [-0.2, 0) is 19.9 Å². The summed E-state index contributed by atoms with van der Waals surface area (Å²) in [6, 6.07) is 12.6. The number of rotatable bonds is 5. The molecule has 0 bridgehead atoms. The van der Waals surface area contributed by atoms with Gasteiger partial charge in [0.1, 0.15) is 0 Å². The van der Waals surface area contributed by atoms with Crippen molar-refractivity contribution in [3.63, 3.8) is 0 Å². The maximum absolute atomic E-state index is 10.4. The molecule has 0 saturated heterocycles. The minimum absolute atomic E-state index is 0.264. The van der Waals surface area contributed by atoms with Crippen molar-refractivity contribution in [2.75, 3.05) is 0 Å². The predicted octanol–water partition coefficient (Wildman–Crippen LogP) is 2.69. The zero-order chi connectivity index (χ0) is 14.1. The smallest absolute Gasteiger partial charge is 0.0629 e. The average Bonchev–Trinajstić information content (AvgIpc) is 3.20. The number of hydrogen-bond acceptors (Lipinski definition) is 2. The molecular weight excluding hydrogens is 248 g/mol.